The maximum atomic E-state index is 13.0. The summed E-state index contributed by atoms with van der Waals surface area (Å²) < 4.78 is 4.70. The zero-order valence-electron chi connectivity index (χ0n) is 14.5. The minimum Gasteiger partial charge on any atom is -0.469 e. The van der Waals surface area contributed by atoms with Gasteiger partial charge in [0, 0.05) is 16.8 Å². The number of carbonyl (C=O) groups excluding carboxylic acids is 3. The van der Waals surface area contributed by atoms with Crippen LogP contribution in [0.5, 0.6) is 0 Å². The Labute approximate surface area is 157 Å². The summed E-state index contributed by atoms with van der Waals surface area (Å²) in [6, 6.07) is 5.24. The SMILES string of the molecule is COC(=O)CC1C(=O)NC2CCCCC2N1C(=O)Nc1ccc(Cl)cc1. The fourth-order valence-corrected chi connectivity index (χ4v) is 3.82. The van der Waals surface area contributed by atoms with Crippen LogP contribution in [0.15, 0.2) is 24.3 Å². The van der Waals surface area contributed by atoms with Gasteiger partial charge in [0.15, 0.2) is 0 Å². The van der Waals surface area contributed by atoms with Crippen LogP contribution in [-0.2, 0) is 14.3 Å². The molecule has 140 valence electrons. The van der Waals surface area contributed by atoms with Gasteiger partial charge in [0.2, 0.25) is 5.91 Å². The minimum absolute atomic E-state index is 0.0823. The van der Waals surface area contributed by atoms with E-state index in [1.165, 1.54) is 12.0 Å². The second-order valence-corrected chi connectivity index (χ2v) is 7.04. The second-order valence-electron chi connectivity index (χ2n) is 6.61. The molecule has 2 N–H and O–H groups in total. The molecule has 0 spiro atoms. The van der Waals surface area contributed by atoms with Gasteiger partial charge in [0.25, 0.3) is 0 Å². The fourth-order valence-electron chi connectivity index (χ4n) is 3.69. The molecule has 1 aromatic carbocycles. The van der Waals surface area contributed by atoms with Crippen molar-refractivity contribution in [2.24, 2.45) is 0 Å². The van der Waals surface area contributed by atoms with Crippen molar-refractivity contribution in [1.82, 2.24) is 10.2 Å². The average molecular weight is 380 g/mol. The molecular formula is C18H22ClN3O4. The number of amides is 3. The largest absolute Gasteiger partial charge is 0.469 e. The summed E-state index contributed by atoms with van der Waals surface area (Å²) in [6.45, 7) is 0. The summed E-state index contributed by atoms with van der Waals surface area (Å²) in [4.78, 5) is 38.8. The summed E-state index contributed by atoms with van der Waals surface area (Å²) in [5.41, 5.74) is 0.578. The van der Waals surface area contributed by atoms with E-state index in [2.05, 4.69) is 10.6 Å². The highest BCUT2D eigenvalue weighted by molar-refractivity contribution is 6.30. The Balaban J connectivity index is 1.85. The maximum absolute atomic E-state index is 13.0. The van der Waals surface area contributed by atoms with Crippen molar-refractivity contribution in [2.45, 2.75) is 50.2 Å². The van der Waals surface area contributed by atoms with Crippen molar-refractivity contribution in [3.8, 4) is 0 Å². The lowest BCUT2D eigenvalue weighted by atomic mass is 9.85. The molecule has 0 aromatic heterocycles. The van der Waals surface area contributed by atoms with E-state index < -0.39 is 18.0 Å². The predicted octanol–water partition coefficient (Wildman–Crippen LogP) is 2.55. The molecule has 3 atom stereocenters. The summed E-state index contributed by atoms with van der Waals surface area (Å²) in [7, 11) is 1.27. The van der Waals surface area contributed by atoms with Crippen LogP contribution >= 0.6 is 11.6 Å². The van der Waals surface area contributed by atoms with E-state index in [0.717, 1.165) is 25.7 Å². The molecular weight excluding hydrogens is 358 g/mol. The molecule has 1 aromatic rings. The minimum atomic E-state index is -0.880. The first-order valence-corrected chi connectivity index (χ1v) is 9.09. The van der Waals surface area contributed by atoms with Crippen LogP contribution in [-0.4, -0.2) is 48.0 Å². The normalized spacial score (nSPS) is 25.1. The lowest BCUT2D eigenvalue weighted by Gasteiger charge is -2.47. The Morgan fingerprint density at radius 1 is 1.27 bits per heavy atom. The Kier molecular flexibility index (Phi) is 5.66. The number of nitrogens with zero attached hydrogens (tertiary/aromatic N) is 1. The second kappa shape index (κ2) is 7.95. The molecule has 26 heavy (non-hydrogen) atoms. The molecule has 1 aliphatic carbocycles. The number of halogens is 1. The van der Waals surface area contributed by atoms with Gasteiger partial charge in [-0.15, -0.1) is 0 Å². The van der Waals surface area contributed by atoms with E-state index in [1.807, 2.05) is 0 Å². The van der Waals surface area contributed by atoms with Crippen molar-refractivity contribution in [1.29, 1.82) is 0 Å². The number of methoxy groups -OCH3 is 1. The Hall–Kier alpha value is -2.28. The van der Waals surface area contributed by atoms with Crippen LogP contribution in [0.2, 0.25) is 5.02 Å². The standard InChI is InChI=1S/C18H22ClN3O4/c1-26-16(23)10-15-17(24)21-13-4-2-3-5-14(13)22(15)18(25)20-12-8-6-11(19)7-9-12/h6-9,13-15H,2-5,10H2,1H3,(H,20,25)(H,21,24). The Bertz CT molecular complexity index is 694. The third kappa shape index (κ3) is 3.93. The summed E-state index contributed by atoms with van der Waals surface area (Å²) in [5, 5.41) is 6.34. The summed E-state index contributed by atoms with van der Waals surface area (Å²) in [6.07, 6.45) is 3.44. The third-order valence-electron chi connectivity index (χ3n) is 4.97. The van der Waals surface area contributed by atoms with Crippen molar-refractivity contribution >= 4 is 35.2 Å². The van der Waals surface area contributed by atoms with Crippen molar-refractivity contribution in [2.75, 3.05) is 12.4 Å². The summed E-state index contributed by atoms with van der Waals surface area (Å²) in [5.74, 6) is -0.839. The maximum Gasteiger partial charge on any atom is 0.322 e. The van der Waals surface area contributed by atoms with Crippen LogP contribution in [0.4, 0.5) is 10.5 Å². The molecule has 3 unspecified atom stereocenters. The van der Waals surface area contributed by atoms with Crippen LogP contribution in [0.25, 0.3) is 0 Å². The number of piperazine rings is 1. The Morgan fingerprint density at radius 3 is 2.65 bits per heavy atom. The Morgan fingerprint density at radius 2 is 1.96 bits per heavy atom. The zero-order valence-corrected chi connectivity index (χ0v) is 15.3. The van der Waals surface area contributed by atoms with Gasteiger partial charge < -0.3 is 20.3 Å². The van der Waals surface area contributed by atoms with E-state index in [-0.39, 0.29) is 24.4 Å². The van der Waals surface area contributed by atoms with E-state index in [9.17, 15) is 14.4 Å². The molecule has 2 aliphatic rings. The van der Waals surface area contributed by atoms with E-state index >= 15 is 0 Å². The van der Waals surface area contributed by atoms with Gasteiger partial charge in [-0.2, -0.15) is 0 Å². The van der Waals surface area contributed by atoms with Crippen molar-refractivity contribution < 1.29 is 19.1 Å². The van der Waals surface area contributed by atoms with Crippen LogP contribution < -0.4 is 10.6 Å². The number of nitrogens with one attached hydrogen (secondary N) is 2. The smallest absolute Gasteiger partial charge is 0.322 e. The number of benzene rings is 1. The van der Waals surface area contributed by atoms with E-state index in [1.54, 1.807) is 24.3 Å². The highest BCUT2D eigenvalue weighted by Crippen LogP contribution is 2.30. The molecule has 7 nitrogen and oxygen atoms in total. The lowest BCUT2D eigenvalue weighted by molar-refractivity contribution is -0.146. The number of ether oxygens (including phenoxy) is 1. The highest BCUT2D eigenvalue weighted by Gasteiger charge is 2.46. The number of hydrogen-bond donors (Lipinski definition) is 2. The van der Waals surface area contributed by atoms with Gasteiger partial charge in [0.05, 0.1) is 19.6 Å². The zero-order chi connectivity index (χ0) is 18.7. The molecule has 0 radical (unpaired) electrons. The molecule has 2 fully saturated rings. The number of urea groups is 1. The summed E-state index contributed by atoms with van der Waals surface area (Å²) >= 11 is 5.88. The molecule has 1 aliphatic heterocycles. The molecule has 8 heteroatoms. The molecule has 3 rings (SSSR count). The van der Waals surface area contributed by atoms with Gasteiger partial charge in [-0.05, 0) is 37.1 Å². The van der Waals surface area contributed by atoms with Gasteiger partial charge in [-0.3, -0.25) is 9.59 Å². The topological polar surface area (TPSA) is 87.7 Å². The molecule has 1 saturated heterocycles. The third-order valence-corrected chi connectivity index (χ3v) is 5.22. The van der Waals surface area contributed by atoms with Gasteiger partial charge in [-0.1, -0.05) is 24.4 Å². The lowest BCUT2D eigenvalue weighted by Crippen LogP contribution is -2.68. The number of anilines is 1. The quantitative estimate of drug-likeness (QED) is 0.790. The highest BCUT2D eigenvalue weighted by atomic mass is 35.5. The van der Waals surface area contributed by atoms with Gasteiger partial charge in [-0.25, -0.2) is 4.79 Å². The van der Waals surface area contributed by atoms with Crippen molar-refractivity contribution in [3.05, 3.63) is 29.3 Å². The first-order valence-electron chi connectivity index (χ1n) is 8.71. The number of esters is 1. The molecule has 1 heterocycles. The van der Waals surface area contributed by atoms with Crippen LogP contribution in [0.3, 0.4) is 0 Å². The fraction of sp³-hybridized carbons (Fsp3) is 0.500. The first kappa shape index (κ1) is 18.5. The van der Waals surface area contributed by atoms with Crippen LogP contribution in [0.1, 0.15) is 32.1 Å². The van der Waals surface area contributed by atoms with E-state index in [4.69, 9.17) is 16.3 Å². The molecule has 1 saturated carbocycles. The molecule has 0 bridgehead atoms. The first-order chi connectivity index (χ1) is 12.5. The number of carbonyl (C=O) groups is 3. The number of fused-ring (bicyclic) bond motifs is 1. The van der Waals surface area contributed by atoms with Gasteiger partial charge >= 0.3 is 12.0 Å². The predicted molar refractivity (Wildman–Crippen MR) is 96.9 cm³/mol. The molecule has 3 amide bonds. The van der Waals surface area contributed by atoms with Crippen LogP contribution in [0, 0.1) is 0 Å². The van der Waals surface area contributed by atoms with E-state index in [0.29, 0.717) is 10.7 Å². The van der Waals surface area contributed by atoms with Crippen molar-refractivity contribution in [3.63, 3.8) is 0 Å². The monoisotopic (exact) mass is 379 g/mol. The number of hydrogen-bond acceptors (Lipinski definition) is 4. The average Bonchev–Trinajstić information content (AvgIpc) is 2.63. The number of rotatable bonds is 3. The van der Waals surface area contributed by atoms with Gasteiger partial charge in [0.1, 0.15) is 6.04 Å².